The number of halogens is 1. The predicted octanol–water partition coefficient (Wildman–Crippen LogP) is 1.33. The monoisotopic (exact) mass is 296 g/mol. The summed E-state index contributed by atoms with van der Waals surface area (Å²) in [5, 5.41) is 7.65. The van der Waals surface area contributed by atoms with Crippen molar-refractivity contribution in [3.63, 3.8) is 0 Å². The van der Waals surface area contributed by atoms with Gasteiger partial charge in [0.2, 0.25) is 0 Å². The second-order valence-corrected chi connectivity index (χ2v) is 4.63. The van der Waals surface area contributed by atoms with E-state index in [9.17, 15) is 4.79 Å². The SMILES string of the molecule is O=C(c1ccc(Br)o1)N1CC(n2ccnn2)C1. The van der Waals surface area contributed by atoms with Crippen LogP contribution >= 0.6 is 15.9 Å². The lowest BCUT2D eigenvalue weighted by molar-refractivity contribution is 0.0465. The molecule has 1 aliphatic heterocycles. The highest BCUT2D eigenvalue weighted by molar-refractivity contribution is 9.10. The molecule has 0 unspecified atom stereocenters. The van der Waals surface area contributed by atoms with Crippen LogP contribution in [-0.4, -0.2) is 38.9 Å². The third-order valence-electron chi connectivity index (χ3n) is 2.75. The number of aromatic nitrogens is 3. The van der Waals surface area contributed by atoms with Crippen molar-refractivity contribution >= 4 is 21.8 Å². The van der Waals surface area contributed by atoms with Crippen LogP contribution in [0, 0.1) is 0 Å². The van der Waals surface area contributed by atoms with Crippen molar-refractivity contribution in [1.82, 2.24) is 19.9 Å². The molecule has 1 aliphatic rings. The Morgan fingerprint density at radius 3 is 2.88 bits per heavy atom. The van der Waals surface area contributed by atoms with E-state index in [-0.39, 0.29) is 11.9 Å². The Kier molecular flexibility index (Phi) is 2.47. The van der Waals surface area contributed by atoms with Crippen molar-refractivity contribution in [2.24, 2.45) is 0 Å². The van der Waals surface area contributed by atoms with Crippen molar-refractivity contribution in [2.75, 3.05) is 13.1 Å². The zero-order valence-electron chi connectivity index (χ0n) is 8.78. The van der Waals surface area contributed by atoms with E-state index in [0.29, 0.717) is 23.5 Å². The van der Waals surface area contributed by atoms with Gasteiger partial charge in [0.15, 0.2) is 10.4 Å². The molecule has 0 spiro atoms. The molecular weight excluding hydrogens is 288 g/mol. The fourth-order valence-corrected chi connectivity index (χ4v) is 2.09. The van der Waals surface area contributed by atoms with Crippen LogP contribution in [0.25, 0.3) is 0 Å². The third kappa shape index (κ3) is 1.86. The first-order valence-electron chi connectivity index (χ1n) is 5.14. The Morgan fingerprint density at radius 2 is 2.29 bits per heavy atom. The van der Waals surface area contributed by atoms with E-state index in [4.69, 9.17) is 4.42 Å². The molecule has 6 nitrogen and oxygen atoms in total. The topological polar surface area (TPSA) is 64.2 Å². The number of carbonyl (C=O) groups excluding carboxylic acids is 1. The van der Waals surface area contributed by atoms with Crippen molar-refractivity contribution < 1.29 is 9.21 Å². The molecule has 17 heavy (non-hydrogen) atoms. The maximum absolute atomic E-state index is 11.9. The summed E-state index contributed by atoms with van der Waals surface area (Å²) in [7, 11) is 0. The lowest BCUT2D eigenvalue weighted by Crippen LogP contribution is -2.50. The molecule has 0 saturated carbocycles. The summed E-state index contributed by atoms with van der Waals surface area (Å²) in [6, 6.07) is 3.59. The molecule has 0 bridgehead atoms. The van der Waals surface area contributed by atoms with Crippen LogP contribution in [-0.2, 0) is 0 Å². The summed E-state index contributed by atoms with van der Waals surface area (Å²) >= 11 is 3.17. The summed E-state index contributed by atoms with van der Waals surface area (Å²) in [6.07, 6.45) is 3.43. The van der Waals surface area contributed by atoms with Crippen molar-refractivity contribution in [3.8, 4) is 0 Å². The van der Waals surface area contributed by atoms with Gasteiger partial charge in [-0.1, -0.05) is 5.21 Å². The molecule has 0 N–H and O–H groups in total. The Bertz CT molecular complexity index is 530. The Hall–Kier alpha value is -1.63. The van der Waals surface area contributed by atoms with Crippen molar-refractivity contribution in [3.05, 3.63) is 35.0 Å². The van der Waals surface area contributed by atoms with Crippen LogP contribution in [0.15, 0.2) is 33.6 Å². The molecule has 1 saturated heterocycles. The van der Waals surface area contributed by atoms with Gasteiger partial charge in [-0.05, 0) is 28.1 Å². The quantitative estimate of drug-likeness (QED) is 0.839. The molecule has 0 aliphatic carbocycles. The number of hydrogen-bond acceptors (Lipinski definition) is 4. The minimum absolute atomic E-state index is 0.0907. The van der Waals surface area contributed by atoms with Crippen LogP contribution in [0.1, 0.15) is 16.6 Å². The predicted molar refractivity (Wildman–Crippen MR) is 61.4 cm³/mol. The van der Waals surface area contributed by atoms with Crippen LogP contribution in [0.4, 0.5) is 0 Å². The standard InChI is InChI=1S/C10H9BrN4O2/c11-9-2-1-8(17-9)10(16)14-5-7(6-14)15-4-3-12-13-15/h1-4,7H,5-6H2. The van der Waals surface area contributed by atoms with Crippen LogP contribution in [0.2, 0.25) is 0 Å². The zero-order chi connectivity index (χ0) is 11.8. The smallest absolute Gasteiger partial charge is 0.289 e. The summed E-state index contributed by atoms with van der Waals surface area (Å²) in [4.78, 5) is 13.6. The summed E-state index contributed by atoms with van der Waals surface area (Å²) in [5.74, 6) is 0.265. The van der Waals surface area contributed by atoms with E-state index in [1.807, 2.05) is 0 Å². The molecule has 3 rings (SSSR count). The minimum atomic E-state index is -0.0907. The van der Waals surface area contributed by atoms with Gasteiger partial charge in [-0.3, -0.25) is 4.79 Å². The first-order chi connectivity index (χ1) is 8.24. The molecule has 0 aromatic carbocycles. The Morgan fingerprint density at radius 1 is 1.47 bits per heavy atom. The second-order valence-electron chi connectivity index (χ2n) is 3.85. The zero-order valence-corrected chi connectivity index (χ0v) is 10.4. The highest BCUT2D eigenvalue weighted by Crippen LogP contribution is 2.23. The minimum Gasteiger partial charge on any atom is -0.444 e. The van der Waals surface area contributed by atoms with E-state index in [2.05, 4.69) is 26.2 Å². The van der Waals surface area contributed by atoms with Gasteiger partial charge in [-0.25, -0.2) is 4.68 Å². The van der Waals surface area contributed by atoms with Gasteiger partial charge < -0.3 is 9.32 Å². The van der Waals surface area contributed by atoms with Crippen molar-refractivity contribution in [1.29, 1.82) is 0 Å². The van der Waals surface area contributed by atoms with E-state index in [1.165, 1.54) is 0 Å². The van der Waals surface area contributed by atoms with Gasteiger partial charge in [0.05, 0.1) is 12.2 Å². The Labute approximate surface area is 105 Å². The summed E-state index contributed by atoms with van der Waals surface area (Å²) in [5.41, 5.74) is 0. The second kappa shape index (κ2) is 3.99. The molecule has 1 amide bonds. The lowest BCUT2D eigenvalue weighted by atomic mass is 10.1. The van der Waals surface area contributed by atoms with Gasteiger partial charge in [-0.15, -0.1) is 5.10 Å². The van der Waals surface area contributed by atoms with Crippen LogP contribution in [0.5, 0.6) is 0 Å². The van der Waals surface area contributed by atoms with Crippen molar-refractivity contribution in [2.45, 2.75) is 6.04 Å². The third-order valence-corrected chi connectivity index (χ3v) is 3.17. The van der Waals surface area contributed by atoms with E-state index in [1.54, 1.807) is 34.1 Å². The molecule has 88 valence electrons. The van der Waals surface area contributed by atoms with Gasteiger partial charge in [0.25, 0.3) is 5.91 Å². The van der Waals surface area contributed by atoms with Gasteiger partial charge in [0.1, 0.15) is 0 Å². The van der Waals surface area contributed by atoms with Gasteiger partial charge >= 0.3 is 0 Å². The number of carbonyl (C=O) groups is 1. The fourth-order valence-electron chi connectivity index (χ4n) is 1.79. The summed E-state index contributed by atoms with van der Waals surface area (Å²) < 4.78 is 7.55. The Balaban J connectivity index is 1.64. The average Bonchev–Trinajstić information content (AvgIpc) is 2.86. The van der Waals surface area contributed by atoms with E-state index in [0.717, 1.165) is 0 Å². The average molecular weight is 297 g/mol. The van der Waals surface area contributed by atoms with E-state index < -0.39 is 0 Å². The molecule has 2 aromatic heterocycles. The number of furan rings is 1. The van der Waals surface area contributed by atoms with E-state index >= 15 is 0 Å². The molecule has 1 fully saturated rings. The largest absolute Gasteiger partial charge is 0.444 e. The summed E-state index contributed by atoms with van der Waals surface area (Å²) in [6.45, 7) is 1.28. The molecule has 7 heteroatoms. The normalized spacial score (nSPS) is 15.9. The van der Waals surface area contributed by atoms with Gasteiger partial charge in [0, 0.05) is 19.3 Å². The highest BCUT2D eigenvalue weighted by Gasteiger charge is 2.34. The maximum atomic E-state index is 11.9. The lowest BCUT2D eigenvalue weighted by Gasteiger charge is -2.38. The maximum Gasteiger partial charge on any atom is 0.289 e. The molecule has 2 aromatic rings. The van der Waals surface area contributed by atoms with Gasteiger partial charge in [-0.2, -0.15) is 0 Å². The first-order valence-corrected chi connectivity index (χ1v) is 5.94. The number of likely N-dealkylation sites (tertiary alicyclic amines) is 1. The van der Waals surface area contributed by atoms with Crippen LogP contribution in [0.3, 0.4) is 0 Å². The molecule has 3 heterocycles. The van der Waals surface area contributed by atoms with Crippen LogP contribution < -0.4 is 0 Å². The number of amides is 1. The molecule has 0 atom stereocenters. The number of hydrogen-bond donors (Lipinski definition) is 0. The number of rotatable bonds is 2. The highest BCUT2D eigenvalue weighted by atomic mass is 79.9. The fraction of sp³-hybridized carbons (Fsp3) is 0.300. The number of nitrogens with zero attached hydrogens (tertiary/aromatic N) is 4. The molecular formula is C10H9BrN4O2. The molecule has 0 radical (unpaired) electrons. The first kappa shape index (κ1) is 10.5.